The van der Waals surface area contributed by atoms with Crippen molar-refractivity contribution in [3.05, 3.63) is 59.7 Å². The van der Waals surface area contributed by atoms with Crippen molar-refractivity contribution in [1.29, 1.82) is 0 Å². The summed E-state index contributed by atoms with van der Waals surface area (Å²) in [6.07, 6.45) is 7.50. The van der Waals surface area contributed by atoms with Gasteiger partial charge in [-0.1, -0.05) is 31.0 Å². The van der Waals surface area contributed by atoms with Gasteiger partial charge in [0.15, 0.2) is 18.1 Å². The SMILES string of the molecule is COc1ccc(C2CCCCCN2C(=O)/C=C/c2ccc(OCC(N)=O)c(OC)c2)cc1. The largest absolute Gasteiger partial charge is 0.497 e. The van der Waals surface area contributed by atoms with Crippen molar-refractivity contribution in [1.82, 2.24) is 4.90 Å². The molecule has 1 aliphatic heterocycles. The Morgan fingerprint density at radius 2 is 1.81 bits per heavy atom. The maximum Gasteiger partial charge on any atom is 0.255 e. The minimum Gasteiger partial charge on any atom is -0.497 e. The fourth-order valence-electron chi connectivity index (χ4n) is 3.86. The molecule has 0 radical (unpaired) electrons. The number of methoxy groups -OCH3 is 2. The van der Waals surface area contributed by atoms with Crippen LogP contribution in [-0.2, 0) is 9.59 Å². The molecule has 170 valence electrons. The molecular formula is C25H30N2O5. The Balaban J connectivity index is 1.76. The summed E-state index contributed by atoms with van der Waals surface area (Å²) in [5, 5.41) is 0. The molecule has 7 nitrogen and oxygen atoms in total. The van der Waals surface area contributed by atoms with Gasteiger partial charge in [-0.2, -0.15) is 0 Å². The number of nitrogens with zero attached hydrogens (tertiary/aromatic N) is 1. The van der Waals surface area contributed by atoms with E-state index in [0.717, 1.165) is 49.1 Å². The lowest BCUT2D eigenvalue weighted by Crippen LogP contribution is -2.33. The van der Waals surface area contributed by atoms with Crippen LogP contribution in [-0.4, -0.2) is 44.1 Å². The first-order valence-corrected chi connectivity index (χ1v) is 10.7. The van der Waals surface area contributed by atoms with Crippen molar-refractivity contribution in [2.45, 2.75) is 31.7 Å². The van der Waals surface area contributed by atoms with Gasteiger partial charge >= 0.3 is 0 Å². The maximum absolute atomic E-state index is 13.1. The van der Waals surface area contributed by atoms with Crippen LogP contribution in [0.15, 0.2) is 48.5 Å². The number of benzene rings is 2. The molecule has 0 saturated carbocycles. The van der Waals surface area contributed by atoms with Crippen LogP contribution in [0.25, 0.3) is 6.08 Å². The number of ether oxygens (including phenoxy) is 3. The number of likely N-dealkylation sites (tertiary alicyclic amines) is 1. The van der Waals surface area contributed by atoms with Crippen LogP contribution in [0, 0.1) is 0 Å². The minimum atomic E-state index is -0.564. The molecule has 2 amide bonds. The lowest BCUT2D eigenvalue weighted by atomic mass is 10.0. The third-order valence-electron chi connectivity index (χ3n) is 5.51. The molecule has 0 bridgehead atoms. The van der Waals surface area contributed by atoms with Crippen LogP contribution in [0.3, 0.4) is 0 Å². The monoisotopic (exact) mass is 438 g/mol. The first-order valence-electron chi connectivity index (χ1n) is 10.7. The average Bonchev–Trinajstić information content (AvgIpc) is 3.07. The predicted molar refractivity (Wildman–Crippen MR) is 123 cm³/mol. The summed E-state index contributed by atoms with van der Waals surface area (Å²) in [5.74, 6) is 1.09. The molecule has 2 aromatic carbocycles. The van der Waals surface area contributed by atoms with Crippen molar-refractivity contribution >= 4 is 17.9 Å². The van der Waals surface area contributed by atoms with Gasteiger partial charge in [0.1, 0.15) is 5.75 Å². The molecule has 0 aromatic heterocycles. The Bertz CT molecular complexity index is 955. The fraction of sp³-hybridized carbons (Fsp3) is 0.360. The van der Waals surface area contributed by atoms with Crippen molar-refractivity contribution in [2.75, 3.05) is 27.4 Å². The van der Waals surface area contributed by atoms with Gasteiger partial charge < -0.3 is 24.8 Å². The number of primary amides is 1. The van der Waals surface area contributed by atoms with Gasteiger partial charge in [0, 0.05) is 12.6 Å². The number of nitrogens with two attached hydrogens (primary N) is 1. The highest BCUT2D eigenvalue weighted by molar-refractivity contribution is 5.92. The molecule has 1 atom stereocenters. The molecular weight excluding hydrogens is 408 g/mol. The summed E-state index contributed by atoms with van der Waals surface area (Å²) in [5.41, 5.74) is 7.04. The van der Waals surface area contributed by atoms with E-state index in [1.54, 1.807) is 37.5 Å². The highest BCUT2D eigenvalue weighted by Crippen LogP contribution is 2.32. The molecule has 7 heteroatoms. The van der Waals surface area contributed by atoms with Crippen LogP contribution in [0.5, 0.6) is 17.2 Å². The molecule has 2 aromatic rings. The Morgan fingerprint density at radius 1 is 1.03 bits per heavy atom. The van der Waals surface area contributed by atoms with E-state index in [4.69, 9.17) is 19.9 Å². The normalized spacial score (nSPS) is 16.4. The summed E-state index contributed by atoms with van der Waals surface area (Å²) in [4.78, 5) is 26.0. The number of hydrogen-bond donors (Lipinski definition) is 1. The van der Waals surface area contributed by atoms with Gasteiger partial charge in [-0.05, 0) is 54.3 Å². The van der Waals surface area contributed by atoms with E-state index in [-0.39, 0.29) is 18.6 Å². The van der Waals surface area contributed by atoms with Crippen molar-refractivity contribution in [2.24, 2.45) is 5.73 Å². The summed E-state index contributed by atoms with van der Waals surface area (Å²) >= 11 is 0. The third-order valence-corrected chi connectivity index (χ3v) is 5.51. The lowest BCUT2D eigenvalue weighted by molar-refractivity contribution is -0.128. The molecule has 2 N–H and O–H groups in total. The minimum absolute atomic E-state index is 0.0271. The second-order valence-corrected chi connectivity index (χ2v) is 7.67. The molecule has 3 rings (SSSR count). The second-order valence-electron chi connectivity index (χ2n) is 7.67. The van der Waals surface area contributed by atoms with E-state index in [9.17, 15) is 9.59 Å². The number of carbonyl (C=O) groups excluding carboxylic acids is 2. The molecule has 1 heterocycles. The number of rotatable bonds is 8. The van der Waals surface area contributed by atoms with Crippen LogP contribution in [0.2, 0.25) is 0 Å². The standard InChI is InChI=1S/C25H30N2O5/c1-30-20-11-9-19(10-12-20)21-6-4-3-5-15-27(21)25(29)14-8-18-7-13-22(23(16-18)31-2)32-17-24(26)28/h7-14,16,21H,3-6,15,17H2,1-2H3,(H2,26,28)/b14-8+. The smallest absolute Gasteiger partial charge is 0.255 e. The Morgan fingerprint density at radius 3 is 2.50 bits per heavy atom. The molecule has 0 aliphatic carbocycles. The lowest BCUT2D eigenvalue weighted by Gasteiger charge is -2.29. The molecule has 1 saturated heterocycles. The van der Waals surface area contributed by atoms with Crippen LogP contribution in [0.1, 0.15) is 42.9 Å². The number of hydrogen-bond acceptors (Lipinski definition) is 5. The first-order chi connectivity index (χ1) is 15.5. The fourth-order valence-corrected chi connectivity index (χ4v) is 3.86. The van der Waals surface area contributed by atoms with Crippen molar-refractivity contribution in [3.8, 4) is 17.2 Å². The van der Waals surface area contributed by atoms with Gasteiger partial charge in [-0.15, -0.1) is 0 Å². The number of amides is 2. The highest BCUT2D eigenvalue weighted by atomic mass is 16.5. The van der Waals surface area contributed by atoms with Gasteiger partial charge in [0.2, 0.25) is 5.91 Å². The zero-order valence-electron chi connectivity index (χ0n) is 18.6. The maximum atomic E-state index is 13.1. The Hall–Kier alpha value is -3.48. The second kappa shape index (κ2) is 11.2. The molecule has 1 fully saturated rings. The third kappa shape index (κ3) is 6.03. The first kappa shape index (κ1) is 23.2. The summed E-state index contributed by atoms with van der Waals surface area (Å²) < 4.78 is 15.9. The molecule has 1 unspecified atom stereocenters. The summed E-state index contributed by atoms with van der Waals surface area (Å²) in [7, 11) is 3.16. The Labute approximate surface area is 188 Å². The molecule has 0 spiro atoms. The van der Waals surface area contributed by atoms with Crippen LogP contribution in [0.4, 0.5) is 0 Å². The van der Waals surface area contributed by atoms with Gasteiger partial charge in [0.05, 0.1) is 20.3 Å². The van der Waals surface area contributed by atoms with Crippen molar-refractivity contribution in [3.63, 3.8) is 0 Å². The summed E-state index contributed by atoms with van der Waals surface area (Å²) in [6.45, 7) is 0.495. The van der Waals surface area contributed by atoms with Gasteiger partial charge in [-0.25, -0.2) is 0 Å². The summed E-state index contributed by atoms with van der Waals surface area (Å²) in [6, 6.07) is 13.2. The van der Waals surface area contributed by atoms with E-state index in [1.165, 1.54) is 7.11 Å². The van der Waals surface area contributed by atoms with Crippen molar-refractivity contribution < 1.29 is 23.8 Å². The zero-order valence-corrected chi connectivity index (χ0v) is 18.6. The van der Waals surface area contributed by atoms with Gasteiger partial charge in [0.25, 0.3) is 5.91 Å². The van der Waals surface area contributed by atoms with E-state index >= 15 is 0 Å². The van der Waals surface area contributed by atoms with E-state index in [1.807, 2.05) is 29.2 Å². The van der Waals surface area contributed by atoms with Crippen LogP contribution >= 0.6 is 0 Å². The van der Waals surface area contributed by atoms with E-state index < -0.39 is 5.91 Å². The highest BCUT2D eigenvalue weighted by Gasteiger charge is 2.25. The van der Waals surface area contributed by atoms with E-state index in [0.29, 0.717) is 11.5 Å². The topological polar surface area (TPSA) is 91.1 Å². The number of carbonyl (C=O) groups is 2. The van der Waals surface area contributed by atoms with E-state index in [2.05, 4.69) is 0 Å². The van der Waals surface area contributed by atoms with Gasteiger partial charge in [-0.3, -0.25) is 9.59 Å². The Kier molecular flexibility index (Phi) is 8.14. The molecule has 1 aliphatic rings. The average molecular weight is 439 g/mol. The quantitative estimate of drug-likeness (QED) is 0.634. The predicted octanol–water partition coefficient (Wildman–Crippen LogP) is 3.73. The zero-order chi connectivity index (χ0) is 22.9. The molecule has 32 heavy (non-hydrogen) atoms. The van der Waals surface area contributed by atoms with Crippen LogP contribution < -0.4 is 19.9 Å².